The van der Waals surface area contributed by atoms with Crippen LogP contribution in [0, 0.1) is 11.8 Å². The third-order valence-corrected chi connectivity index (χ3v) is 3.99. The standard InChI is InChI=1S/C14H14N2S/c1-10-16-14(9-17-10)5-2-11-6-13(8-15-7-11)12-3-4-12/h6-10,12,16H,3-4H2,1H3/p+2. The molecule has 2 nitrogen and oxygen atoms in total. The van der Waals surface area contributed by atoms with E-state index in [1.165, 1.54) is 18.4 Å². The minimum absolute atomic E-state index is 0.573. The fourth-order valence-electron chi connectivity index (χ4n) is 1.94. The summed E-state index contributed by atoms with van der Waals surface area (Å²) in [4.78, 5) is 3.20. The Balaban J connectivity index is 1.76. The molecule has 1 aromatic heterocycles. The van der Waals surface area contributed by atoms with Crippen molar-refractivity contribution in [2.45, 2.75) is 31.1 Å². The highest BCUT2D eigenvalue weighted by Crippen LogP contribution is 2.39. The third-order valence-electron chi connectivity index (χ3n) is 3.03. The number of quaternary nitrogens is 1. The van der Waals surface area contributed by atoms with Crippen LogP contribution in [0.5, 0.6) is 0 Å². The third kappa shape index (κ3) is 2.71. The minimum Gasteiger partial charge on any atom is -0.295 e. The van der Waals surface area contributed by atoms with E-state index in [-0.39, 0.29) is 0 Å². The predicted octanol–water partition coefficient (Wildman–Crippen LogP) is 1.23. The lowest BCUT2D eigenvalue weighted by Crippen LogP contribution is -2.84. The molecule has 86 valence electrons. The van der Waals surface area contributed by atoms with Crippen LogP contribution in [0.2, 0.25) is 0 Å². The van der Waals surface area contributed by atoms with Crippen molar-refractivity contribution in [1.82, 2.24) is 0 Å². The molecule has 0 amide bonds. The number of hydrogen-bond donors (Lipinski definition) is 1. The number of aromatic nitrogens is 1. The van der Waals surface area contributed by atoms with E-state index in [2.05, 4.69) is 46.7 Å². The topological polar surface area (TPSA) is 30.8 Å². The van der Waals surface area contributed by atoms with Gasteiger partial charge in [-0.2, -0.15) is 0 Å². The van der Waals surface area contributed by atoms with Gasteiger partial charge in [-0.15, -0.1) is 0 Å². The normalized spacial score (nSPS) is 22.9. The van der Waals surface area contributed by atoms with Gasteiger partial charge in [0.15, 0.2) is 18.1 Å². The Bertz CT molecular complexity index is 521. The van der Waals surface area contributed by atoms with Crippen molar-refractivity contribution in [2.75, 3.05) is 0 Å². The molecule has 0 radical (unpaired) electrons. The fourth-order valence-corrected chi connectivity index (χ4v) is 2.67. The Kier molecular flexibility index (Phi) is 2.92. The van der Waals surface area contributed by atoms with Gasteiger partial charge in [0.05, 0.1) is 5.56 Å². The fraction of sp³-hybridized carbons (Fsp3) is 0.357. The number of thioether (sulfide) groups is 1. The maximum Gasteiger partial charge on any atom is 0.188 e. The van der Waals surface area contributed by atoms with Crippen LogP contribution in [0.3, 0.4) is 0 Å². The first-order chi connectivity index (χ1) is 8.31. The molecule has 1 aliphatic heterocycles. The van der Waals surface area contributed by atoms with Crippen LogP contribution in [0.1, 0.15) is 36.8 Å². The summed E-state index contributed by atoms with van der Waals surface area (Å²) in [6, 6.07) is 2.22. The van der Waals surface area contributed by atoms with Crippen LogP contribution < -0.4 is 10.3 Å². The maximum atomic E-state index is 3.24. The molecule has 1 aliphatic carbocycles. The van der Waals surface area contributed by atoms with Crippen LogP contribution in [0.15, 0.2) is 29.6 Å². The second kappa shape index (κ2) is 4.56. The largest absolute Gasteiger partial charge is 0.295 e. The highest BCUT2D eigenvalue weighted by atomic mass is 32.2. The van der Waals surface area contributed by atoms with Gasteiger partial charge in [-0.05, 0) is 43.6 Å². The van der Waals surface area contributed by atoms with E-state index in [1.54, 1.807) is 0 Å². The van der Waals surface area contributed by atoms with E-state index in [0.717, 1.165) is 17.2 Å². The molecule has 3 heteroatoms. The zero-order valence-corrected chi connectivity index (χ0v) is 10.7. The van der Waals surface area contributed by atoms with Crippen LogP contribution in [-0.4, -0.2) is 5.37 Å². The van der Waals surface area contributed by atoms with Crippen molar-refractivity contribution in [3.8, 4) is 11.8 Å². The molecular weight excluding hydrogens is 228 g/mol. The van der Waals surface area contributed by atoms with Gasteiger partial charge in [-0.25, -0.2) is 4.98 Å². The lowest BCUT2D eigenvalue weighted by atomic mass is 10.1. The van der Waals surface area contributed by atoms with E-state index in [1.807, 2.05) is 18.0 Å². The first-order valence-electron chi connectivity index (χ1n) is 6.05. The first-order valence-corrected chi connectivity index (χ1v) is 6.99. The highest BCUT2D eigenvalue weighted by molar-refractivity contribution is 8.02. The van der Waals surface area contributed by atoms with E-state index in [0.29, 0.717) is 5.37 Å². The average Bonchev–Trinajstić information content (AvgIpc) is 3.11. The van der Waals surface area contributed by atoms with Gasteiger partial charge < -0.3 is 0 Å². The molecule has 0 saturated heterocycles. The summed E-state index contributed by atoms with van der Waals surface area (Å²) in [6.07, 6.45) is 6.74. The molecule has 1 atom stereocenters. The van der Waals surface area contributed by atoms with Crippen molar-refractivity contribution in [2.24, 2.45) is 0 Å². The van der Waals surface area contributed by atoms with Crippen molar-refractivity contribution in [3.05, 3.63) is 40.7 Å². The molecule has 0 aromatic carbocycles. The molecule has 3 N–H and O–H groups in total. The first kappa shape index (κ1) is 10.9. The SMILES string of the molecule is CC1[NH2+]C(C#Cc2c[nH+]cc(C3CC3)c2)=CS1. The highest BCUT2D eigenvalue weighted by Gasteiger charge is 2.25. The van der Waals surface area contributed by atoms with Crippen molar-refractivity contribution in [1.29, 1.82) is 0 Å². The number of nitrogens with one attached hydrogen (secondary N) is 1. The molecule has 2 aliphatic rings. The number of aromatic amines is 1. The summed E-state index contributed by atoms with van der Waals surface area (Å²) in [7, 11) is 0. The molecule has 0 spiro atoms. The number of pyridine rings is 1. The zero-order valence-electron chi connectivity index (χ0n) is 9.86. The number of rotatable bonds is 1. The van der Waals surface area contributed by atoms with Crippen LogP contribution >= 0.6 is 11.8 Å². The molecular formula is C14H16N2S+2. The Morgan fingerprint density at radius 2 is 2.24 bits per heavy atom. The van der Waals surface area contributed by atoms with E-state index < -0.39 is 0 Å². The Morgan fingerprint density at radius 3 is 2.94 bits per heavy atom. The molecule has 0 bridgehead atoms. The predicted molar refractivity (Wildman–Crippen MR) is 68.9 cm³/mol. The van der Waals surface area contributed by atoms with Gasteiger partial charge in [0.1, 0.15) is 5.37 Å². The summed E-state index contributed by atoms with van der Waals surface area (Å²) in [5.41, 5.74) is 3.65. The van der Waals surface area contributed by atoms with E-state index >= 15 is 0 Å². The average molecular weight is 244 g/mol. The molecule has 2 heterocycles. The Labute approximate surface area is 106 Å². The van der Waals surface area contributed by atoms with Crippen LogP contribution in [0.25, 0.3) is 0 Å². The molecule has 1 aromatic rings. The molecule has 1 saturated carbocycles. The van der Waals surface area contributed by atoms with Gasteiger partial charge in [0.2, 0.25) is 0 Å². The smallest absolute Gasteiger partial charge is 0.188 e. The summed E-state index contributed by atoms with van der Waals surface area (Å²) in [6.45, 7) is 2.19. The maximum absolute atomic E-state index is 3.24. The van der Waals surface area contributed by atoms with Gasteiger partial charge in [0.25, 0.3) is 0 Å². The molecule has 1 fully saturated rings. The minimum atomic E-state index is 0.573. The van der Waals surface area contributed by atoms with Crippen molar-refractivity contribution in [3.63, 3.8) is 0 Å². The van der Waals surface area contributed by atoms with E-state index in [4.69, 9.17) is 0 Å². The second-order valence-electron chi connectivity index (χ2n) is 4.66. The Morgan fingerprint density at radius 1 is 1.35 bits per heavy atom. The molecule has 3 rings (SSSR count). The summed E-state index contributed by atoms with van der Waals surface area (Å²) < 4.78 is 0. The van der Waals surface area contributed by atoms with Crippen molar-refractivity contribution < 1.29 is 10.3 Å². The van der Waals surface area contributed by atoms with Crippen molar-refractivity contribution >= 4 is 11.8 Å². The van der Waals surface area contributed by atoms with Gasteiger partial charge in [-0.1, -0.05) is 11.8 Å². The van der Waals surface area contributed by atoms with Crippen LogP contribution in [0.4, 0.5) is 0 Å². The number of allylic oxidation sites excluding steroid dienone is 1. The number of hydrogen-bond acceptors (Lipinski definition) is 1. The lowest BCUT2D eigenvalue weighted by molar-refractivity contribution is -0.607. The van der Waals surface area contributed by atoms with E-state index in [9.17, 15) is 0 Å². The Hall–Kier alpha value is -1.24. The molecule has 17 heavy (non-hydrogen) atoms. The lowest BCUT2D eigenvalue weighted by Gasteiger charge is -1.95. The number of H-pyrrole nitrogens is 1. The van der Waals surface area contributed by atoms with Gasteiger partial charge in [-0.3, -0.25) is 5.32 Å². The quantitative estimate of drug-likeness (QED) is 0.740. The summed E-state index contributed by atoms with van der Waals surface area (Å²) in [5, 5.41) is 4.93. The van der Waals surface area contributed by atoms with Crippen LogP contribution in [-0.2, 0) is 0 Å². The second-order valence-corrected chi connectivity index (χ2v) is 5.91. The van der Waals surface area contributed by atoms with Gasteiger partial charge in [0, 0.05) is 11.0 Å². The monoisotopic (exact) mass is 244 g/mol. The van der Waals surface area contributed by atoms with Gasteiger partial charge >= 0.3 is 0 Å². The number of nitrogens with two attached hydrogens (primary N) is 1. The molecule has 1 unspecified atom stereocenters. The zero-order chi connectivity index (χ0) is 11.7. The summed E-state index contributed by atoms with van der Waals surface area (Å²) >= 11 is 1.83. The summed E-state index contributed by atoms with van der Waals surface area (Å²) in [5.74, 6) is 7.24.